The van der Waals surface area contributed by atoms with Crippen molar-refractivity contribution in [3.63, 3.8) is 0 Å². The smallest absolute Gasteiger partial charge is 0.329 e. The van der Waals surface area contributed by atoms with Crippen LogP contribution in [0.2, 0.25) is 0 Å². The zero-order valence-corrected chi connectivity index (χ0v) is 12.9. The van der Waals surface area contributed by atoms with Crippen LogP contribution >= 0.6 is 11.8 Å². The largest absolute Gasteiger partial charge is 0.480 e. The van der Waals surface area contributed by atoms with Gasteiger partial charge in [0, 0.05) is 25.3 Å². The lowest BCUT2D eigenvalue weighted by Crippen LogP contribution is -2.54. The van der Waals surface area contributed by atoms with Crippen molar-refractivity contribution in [3.05, 3.63) is 0 Å². The van der Waals surface area contributed by atoms with Crippen LogP contribution in [-0.2, 0) is 9.59 Å². The van der Waals surface area contributed by atoms with Gasteiger partial charge in [-0.25, -0.2) is 4.79 Å². The summed E-state index contributed by atoms with van der Waals surface area (Å²) in [4.78, 5) is 36.8. The molecule has 1 saturated carbocycles. The molecule has 0 aromatic rings. The predicted molar refractivity (Wildman–Crippen MR) is 80.3 cm³/mol. The van der Waals surface area contributed by atoms with Crippen molar-refractivity contribution in [1.29, 1.82) is 0 Å². The Balaban J connectivity index is 1.88. The summed E-state index contributed by atoms with van der Waals surface area (Å²) in [6.07, 6.45) is 4.84. The number of carbonyl (C=O) groups excluding carboxylic acids is 2. The zero-order chi connectivity index (χ0) is 15.3. The molecule has 21 heavy (non-hydrogen) atoms. The van der Waals surface area contributed by atoms with E-state index in [2.05, 4.69) is 5.32 Å². The minimum atomic E-state index is -1.11. The summed E-state index contributed by atoms with van der Waals surface area (Å²) in [6.45, 7) is 1.04. The first kappa shape index (κ1) is 16.1. The Hall–Kier alpha value is -1.24. The highest BCUT2D eigenvalue weighted by atomic mass is 32.2. The number of carboxylic acid groups (broad SMARTS) is 1. The maximum Gasteiger partial charge on any atom is 0.329 e. The second-order valence-corrected chi connectivity index (χ2v) is 6.75. The van der Waals surface area contributed by atoms with E-state index in [0.29, 0.717) is 25.9 Å². The molecule has 0 radical (unpaired) electrons. The maximum atomic E-state index is 12.1. The number of hydrogen-bond donors (Lipinski definition) is 2. The second-order valence-electron chi connectivity index (χ2n) is 5.70. The molecule has 1 aliphatic heterocycles. The third kappa shape index (κ3) is 4.12. The van der Waals surface area contributed by atoms with Crippen molar-refractivity contribution in [1.82, 2.24) is 10.2 Å². The molecular weight excluding hydrogens is 292 g/mol. The van der Waals surface area contributed by atoms with Gasteiger partial charge in [-0.05, 0) is 12.8 Å². The van der Waals surface area contributed by atoms with Crippen LogP contribution in [0.4, 0.5) is 4.79 Å². The van der Waals surface area contributed by atoms with E-state index < -0.39 is 11.5 Å². The average Bonchev–Trinajstić information content (AvgIpc) is 2.70. The number of carbonyl (C=O) groups is 3. The number of amides is 2. The molecule has 0 bridgehead atoms. The summed E-state index contributed by atoms with van der Waals surface area (Å²) in [7, 11) is 0. The molecule has 2 N–H and O–H groups in total. The second kappa shape index (κ2) is 7.15. The summed E-state index contributed by atoms with van der Waals surface area (Å²) < 4.78 is 0. The van der Waals surface area contributed by atoms with Gasteiger partial charge >= 0.3 is 5.97 Å². The monoisotopic (exact) mass is 314 g/mol. The summed E-state index contributed by atoms with van der Waals surface area (Å²) in [5.41, 5.74) is -1.11. The van der Waals surface area contributed by atoms with E-state index in [1.165, 1.54) is 11.8 Å². The van der Waals surface area contributed by atoms with E-state index in [1.807, 2.05) is 0 Å². The van der Waals surface area contributed by atoms with Crippen molar-refractivity contribution >= 4 is 28.9 Å². The Morgan fingerprint density at radius 3 is 2.43 bits per heavy atom. The molecule has 1 heterocycles. The molecule has 0 atom stereocenters. The molecule has 2 aliphatic rings. The van der Waals surface area contributed by atoms with Crippen LogP contribution in [0.5, 0.6) is 0 Å². The van der Waals surface area contributed by atoms with Gasteiger partial charge in [0.05, 0.1) is 0 Å². The fourth-order valence-electron chi connectivity index (χ4n) is 2.92. The van der Waals surface area contributed by atoms with Crippen molar-refractivity contribution in [3.8, 4) is 0 Å². The summed E-state index contributed by atoms with van der Waals surface area (Å²) in [6, 6.07) is 0. The van der Waals surface area contributed by atoms with Crippen LogP contribution in [0.25, 0.3) is 0 Å². The van der Waals surface area contributed by atoms with Crippen molar-refractivity contribution < 1.29 is 19.5 Å². The fraction of sp³-hybridized carbons (Fsp3) is 0.786. The third-order valence-corrected chi connectivity index (χ3v) is 5.09. The lowest BCUT2D eigenvalue weighted by molar-refractivity contribution is -0.148. The molecule has 0 unspecified atom stereocenters. The van der Waals surface area contributed by atoms with Crippen molar-refractivity contribution in [2.75, 3.05) is 18.8 Å². The summed E-state index contributed by atoms with van der Waals surface area (Å²) in [5, 5.41) is 12.2. The molecule has 2 amide bonds. The normalized spacial score (nSPS) is 21.9. The van der Waals surface area contributed by atoms with Gasteiger partial charge in [-0.2, -0.15) is 0 Å². The Kier molecular flexibility index (Phi) is 5.50. The molecule has 0 aromatic carbocycles. The molecule has 0 spiro atoms. The van der Waals surface area contributed by atoms with Gasteiger partial charge in [0.15, 0.2) is 0 Å². The van der Waals surface area contributed by atoms with E-state index in [1.54, 1.807) is 4.90 Å². The molecule has 2 rings (SSSR count). The summed E-state index contributed by atoms with van der Waals surface area (Å²) >= 11 is 1.26. The third-order valence-electron chi connectivity index (χ3n) is 4.20. The van der Waals surface area contributed by atoms with Crippen LogP contribution < -0.4 is 5.32 Å². The fourth-order valence-corrected chi connectivity index (χ4v) is 3.77. The molecule has 1 aliphatic carbocycles. The lowest BCUT2D eigenvalue weighted by Gasteiger charge is -2.29. The lowest BCUT2D eigenvalue weighted by atomic mass is 9.90. The van der Waals surface area contributed by atoms with Crippen LogP contribution in [0, 0.1) is 0 Å². The minimum Gasteiger partial charge on any atom is -0.480 e. The van der Waals surface area contributed by atoms with Crippen LogP contribution in [0.1, 0.15) is 44.9 Å². The van der Waals surface area contributed by atoms with Crippen LogP contribution in [0.3, 0.4) is 0 Å². The van der Waals surface area contributed by atoms with Gasteiger partial charge in [0.1, 0.15) is 5.54 Å². The first-order chi connectivity index (χ1) is 10.0. The number of carboxylic acids is 1. The summed E-state index contributed by atoms with van der Waals surface area (Å²) in [5.74, 6) is -0.450. The Morgan fingerprint density at radius 1 is 1.24 bits per heavy atom. The first-order valence-corrected chi connectivity index (χ1v) is 8.48. The minimum absolute atomic E-state index is 0.00483. The Morgan fingerprint density at radius 2 is 1.90 bits per heavy atom. The van der Waals surface area contributed by atoms with Crippen LogP contribution in [-0.4, -0.2) is 51.5 Å². The molecule has 2 fully saturated rings. The number of nitrogens with one attached hydrogen (secondary N) is 1. The quantitative estimate of drug-likeness (QED) is 0.756. The van der Waals surface area contributed by atoms with Gasteiger partial charge in [0.25, 0.3) is 5.24 Å². The molecule has 7 heteroatoms. The number of hydrogen-bond acceptors (Lipinski definition) is 4. The van der Waals surface area contributed by atoms with Gasteiger partial charge in [-0.15, -0.1) is 0 Å². The van der Waals surface area contributed by atoms with Gasteiger partial charge in [-0.1, -0.05) is 37.4 Å². The number of thioether (sulfide) groups is 1. The molecule has 118 valence electrons. The highest BCUT2D eigenvalue weighted by Gasteiger charge is 2.40. The number of rotatable bonds is 5. The molecular formula is C14H22N2O4S. The Labute approximate surface area is 128 Å². The molecule has 6 nitrogen and oxygen atoms in total. The van der Waals surface area contributed by atoms with E-state index in [4.69, 9.17) is 0 Å². The van der Waals surface area contributed by atoms with Gasteiger partial charge in [-0.3, -0.25) is 9.59 Å². The highest BCUT2D eigenvalue weighted by Crippen LogP contribution is 2.27. The highest BCUT2D eigenvalue weighted by molar-refractivity contribution is 8.13. The van der Waals surface area contributed by atoms with Crippen molar-refractivity contribution in [2.45, 2.75) is 50.5 Å². The Bertz CT molecular complexity index is 419. The van der Waals surface area contributed by atoms with Crippen LogP contribution in [0.15, 0.2) is 0 Å². The van der Waals surface area contributed by atoms with E-state index in [9.17, 15) is 19.5 Å². The van der Waals surface area contributed by atoms with Gasteiger partial charge < -0.3 is 15.3 Å². The SMILES string of the molecule is O=C(CCN1CCSC1=O)NC1(C(=O)O)CCCCCC1. The van der Waals surface area contributed by atoms with E-state index in [0.717, 1.165) is 31.4 Å². The van der Waals surface area contributed by atoms with E-state index >= 15 is 0 Å². The number of aliphatic carboxylic acids is 1. The topological polar surface area (TPSA) is 86.7 Å². The van der Waals surface area contributed by atoms with Crippen molar-refractivity contribution in [2.24, 2.45) is 0 Å². The average molecular weight is 314 g/mol. The predicted octanol–water partition coefficient (Wildman–Crippen LogP) is 1.84. The standard InChI is InChI=1S/C14H22N2O4S/c17-11(5-8-16-9-10-21-13(16)20)15-14(12(18)19)6-3-1-2-4-7-14/h1-10H2,(H,15,17)(H,18,19). The van der Waals surface area contributed by atoms with Gasteiger partial charge in [0.2, 0.25) is 5.91 Å². The number of nitrogens with zero attached hydrogens (tertiary/aromatic N) is 1. The molecule has 0 aromatic heterocycles. The zero-order valence-electron chi connectivity index (χ0n) is 12.1. The first-order valence-electron chi connectivity index (χ1n) is 7.50. The van der Waals surface area contributed by atoms with E-state index in [-0.39, 0.29) is 17.6 Å². The molecule has 1 saturated heterocycles. The maximum absolute atomic E-state index is 12.1.